The van der Waals surface area contributed by atoms with Crippen LogP contribution in [0.2, 0.25) is 0 Å². The molecule has 6 nitrogen and oxygen atoms in total. The molecule has 2 aromatic heterocycles. The average molecular weight is 261 g/mol. The topological polar surface area (TPSA) is 60.0 Å². The van der Waals surface area contributed by atoms with Crippen LogP contribution in [0.4, 0.5) is 0 Å². The first-order valence-electron chi connectivity index (χ1n) is 6.76. The van der Waals surface area contributed by atoms with E-state index < -0.39 is 0 Å². The fourth-order valence-electron chi connectivity index (χ4n) is 2.75. The second-order valence-corrected chi connectivity index (χ2v) is 5.30. The summed E-state index contributed by atoms with van der Waals surface area (Å²) in [6.07, 6.45) is 5.87. The highest BCUT2D eigenvalue weighted by molar-refractivity contribution is 5.03. The molecule has 1 fully saturated rings. The van der Waals surface area contributed by atoms with Crippen LogP contribution >= 0.6 is 0 Å². The molecule has 1 saturated heterocycles. The Morgan fingerprint density at radius 2 is 2.42 bits per heavy atom. The maximum absolute atomic E-state index is 5.29. The Balaban J connectivity index is 1.55. The van der Waals surface area contributed by atoms with Crippen molar-refractivity contribution in [2.45, 2.75) is 32.9 Å². The van der Waals surface area contributed by atoms with Crippen molar-refractivity contribution in [1.82, 2.24) is 24.8 Å². The van der Waals surface area contributed by atoms with Crippen LogP contribution in [0.1, 0.15) is 24.3 Å². The van der Waals surface area contributed by atoms with E-state index in [1.165, 1.54) is 12.8 Å². The molecule has 3 heterocycles. The number of aryl methyl sites for hydroxylation is 1. The Bertz CT molecular complexity index is 507. The van der Waals surface area contributed by atoms with E-state index in [1.54, 1.807) is 12.7 Å². The monoisotopic (exact) mass is 261 g/mol. The van der Waals surface area contributed by atoms with Gasteiger partial charge in [-0.15, -0.1) is 0 Å². The Morgan fingerprint density at radius 3 is 3.16 bits per heavy atom. The van der Waals surface area contributed by atoms with E-state index >= 15 is 0 Å². The van der Waals surface area contributed by atoms with Gasteiger partial charge in [-0.25, -0.2) is 4.98 Å². The lowest BCUT2D eigenvalue weighted by molar-refractivity contribution is 0.140. The fraction of sp³-hybridized carbons (Fsp3) is 0.615. The maximum atomic E-state index is 5.29. The first-order valence-corrected chi connectivity index (χ1v) is 6.76. The van der Waals surface area contributed by atoms with E-state index in [4.69, 9.17) is 4.52 Å². The molecule has 0 amide bonds. The van der Waals surface area contributed by atoms with Gasteiger partial charge < -0.3 is 4.52 Å². The van der Waals surface area contributed by atoms with Crippen molar-refractivity contribution in [1.29, 1.82) is 0 Å². The molecule has 0 spiro atoms. The average Bonchev–Trinajstić information content (AvgIpc) is 3.02. The third-order valence-electron chi connectivity index (χ3n) is 3.57. The minimum absolute atomic E-state index is 0.638. The van der Waals surface area contributed by atoms with Crippen LogP contribution in [0.15, 0.2) is 23.2 Å². The Kier molecular flexibility index (Phi) is 3.59. The molecule has 0 aliphatic carbocycles. The molecule has 1 aliphatic heterocycles. The van der Waals surface area contributed by atoms with Gasteiger partial charge in [-0.1, -0.05) is 5.16 Å². The molecule has 3 rings (SSSR count). The molecule has 0 aromatic carbocycles. The van der Waals surface area contributed by atoms with Crippen molar-refractivity contribution >= 4 is 0 Å². The van der Waals surface area contributed by atoms with Gasteiger partial charge in [0.25, 0.3) is 0 Å². The molecule has 1 unspecified atom stereocenters. The molecule has 0 bridgehead atoms. The number of aromatic nitrogens is 4. The Morgan fingerprint density at radius 1 is 1.47 bits per heavy atom. The zero-order chi connectivity index (χ0) is 13.1. The first kappa shape index (κ1) is 12.3. The summed E-state index contributed by atoms with van der Waals surface area (Å²) in [5, 5.41) is 8.12. The summed E-state index contributed by atoms with van der Waals surface area (Å²) in [7, 11) is 0. The molecule has 19 heavy (non-hydrogen) atoms. The summed E-state index contributed by atoms with van der Waals surface area (Å²) in [5.41, 5.74) is 0.950. The van der Waals surface area contributed by atoms with Gasteiger partial charge >= 0.3 is 0 Å². The minimum atomic E-state index is 0.638. The summed E-state index contributed by atoms with van der Waals surface area (Å²) in [6.45, 7) is 5.98. The van der Waals surface area contributed by atoms with Crippen LogP contribution in [-0.2, 0) is 13.1 Å². The molecule has 1 aliphatic rings. The predicted octanol–water partition coefficient (Wildman–Crippen LogP) is 1.49. The van der Waals surface area contributed by atoms with Crippen LogP contribution in [-0.4, -0.2) is 37.9 Å². The molecule has 2 aromatic rings. The number of hydrogen-bond donors (Lipinski definition) is 0. The quantitative estimate of drug-likeness (QED) is 0.834. The van der Waals surface area contributed by atoms with Crippen molar-refractivity contribution in [3.8, 4) is 0 Å². The van der Waals surface area contributed by atoms with Gasteiger partial charge in [-0.3, -0.25) is 9.58 Å². The summed E-state index contributed by atoms with van der Waals surface area (Å²) >= 11 is 0. The first-order chi connectivity index (χ1) is 9.29. The maximum Gasteiger partial charge on any atom is 0.150 e. The van der Waals surface area contributed by atoms with Gasteiger partial charge in [0, 0.05) is 19.2 Å². The third-order valence-corrected chi connectivity index (χ3v) is 3.57. The van der Waals surface area contributed by atoms with E-state index in [-0.39, 0.29) is 0 Å². The van der Waals surface area contributed by atoms with Crippen LogP contribution in [0.5, 0.6) is 0 Å². The second kappa shape index (κ2) is 5.52. The molecular weight excluding hydrogens is 242 g/mol. The van der Waals surface area contributed by atoms with Crippen molar-refractivity contribution < 1.29 is 4.52 Å². The molecule has 0 N–H and O–H groups in total. The third kappa shape index (κ3) is 3.20. The highest BCUT2D eigenvalue weighted by Crippen LogP contribution is 2.20. The molecular formula is C13H19N5O. The number of hydrogen-bond acceptors (Lipinski definition) is 5. The van der Waals surface area contributed by atoms with E-state index in [9.17, 15) is 0 Å². The van der Waals surface area contributed by atoms with Crippen molar-refractivity contribution in [3.05, 3.63) is 30.2 Å². The zero-order valence-electron chi connectivity index (χ0n) is 11.2. The van der Waals surface area contributed by atoms with Gasteiger partial charge in [-0.2, -0.15) is 5.10 Å². The number of likely N-dealkylation sites (tertiary alicyclic amines) is 1. The summed E-state index contributed by atoms with van der Waals surface area (Å²) in [5.74, 6) is 1.60. The van der Waals surface area contributed by atoms with Gasteiger partial charge in [0.15, 0.2) is 5.76 Å². The van der Waals surface area contributed by atoms with Gasteiger partial charge in [0.1, 0.15) is 12.7 Å². The molecule has 102 valence electrons. The Hall–Kier alpha value is -1.69. The van der Waals surface area contributed by atoms with Gasteiger partial charge in [0.05, 0.1) is 12.2 Å². The molecule has 1 atom stereocenters. The van der Waals surface area contributed by atoms with Crippen LogP contribution in [0, 0.1) is 12.8 Å². The summed E-state index contributed by atoms with van der Waals surface area (Å²) < 4.78 is 7.21. The van der Waals surface area contributed by atoms with Crippen LogP contribution in [0.3, 0.4) is 0 Å². The van der Waals surface area contributed by atoms with Crippen LogP contribution < -0.4 is 0 Å². The lowest BCUT2D eigenvalue weighted by Crippen LogP contribution is -2.36. The van der Waals surface area contributed by atoms with Crippen molar-refractivity contribution in [2.75, 3.05) is 13.1 Å². The standard InChI is InChI=1S/C13H19N5O/c1-11-5-13(19-16-11)8-17-4-2-3-12(6-17)7-18-10-14-9-15-18/h5,9-10,12H,2-4,6-8H2,1H3. The smallest absolute Gasteiger partial charge is 0.150 e. The predicted molar refractivity (Wildman–Crippen MR) is 69.3 cm³/mol. The minimum Gasteiger partial charge on any atom is -0.360 e. The number of rotatable bonds is 4. The van der Waals surface area contributed by atoms with E-state index in [0.29, 0.717) is 5.92 Å². The van der Waals surface area contributed by atoms with Crippen molar-refractivity contribution in [2.24, 2.45) is 5.92 Å². The zero-order valence-corrected chi connectivity index (χ0v) is 11.2. The molecule has 0 saturated carbocycles. The molecule has 6 heteroatoms. The summed E-state index contributed by atoms with van der Waals surface area (Å²) in [4.78, 5) is 6.43. The number of nitrogens with zero attached hydrogens (tertiary/aromatic N) is 5. The summed E-state index contributed by atoms with van der Waals surface area (Å²) in [6, 6.07) is 2.01. The Labute approximate surface area is 112 Å². The lowest BCUT2D eigenvalue weighted by Gasteiger charge is -2.31. The van der Waals surface area contributed by atoms with Gasteiger partial charge in [-0.05, 0) is 32.2 Å². The highest BCUT2D eigenvalue weighted by atomic mass is 16.5. The molecule has 0 radical (unpaired) electrons. The van der Waals surface area contributed by atoms with Crippen LogP contribution in [0.25, 0.3) is 0 Å². The van der Waals surface area contributed by atoms with E-state index in [0.717, 1.165) is 37.6 Å². The number of piperidine rings is 1. The largest absolute Gasteiger partial charge is 0.360 e. The fourth-order valence-corrected chi connectivity index (χ4v) is 2.75. The normalized spacial score (nSPS) is 20.8. The van der Waals surface area contributed by atoms with E-state index in [1.807, 2.05) is 17.7 Å². The lowest BCUT2D eigenvalue weighted by atomic mass is 9.98. The van der Waals surface area contributed by atoms with Gasteiger partial charge in [0.2, 0.25) is 0 Å². The SMILES string of the molecule is Cc1cc(CN2CCCC(Cn3cncn3)C2)on1. The second-order valence-electron chi connectivity index (χ2n) is 5.30. The van der Waals surface area contributed by atoms with Crippen molar-refractivity contribution in [3.63, 3.8) is 0 Å². The highest BCUT2D eigenvalue weighted by Gasteiger charge is 2.21. The van der Waals surface area contributed by atoms with E-state index in [2.05, 4.69) is 20.1 Å².